The van der Waals surface area contributed by atoms with Crippen molar-refractivity contribution in [2.45, 2.75) is 76.3 Å². The lowest BCUT2D eigenvalue weighted by Crippen LogP contribution is -2.46. The highest BCUT2D eigenvalue weighted by Gasteiger charge is 2.35. The lowest BCUT2D eigenvalue weighted by atomic mass is 10.1. The van der Waals surface area contributed by atoms with E-state index < -0.39 is 0 Å². The summed E-state index contributed by atoms with van der Waals surface area (Å²) >= 11 is 0. The molecule has 1 heterocycles. The molecular formula is C17H28N2O2. The summed E-state index contributed by atoms with van der Waals surface area (Å²) in [6.45, 7) is 4.46. The Labute approximate surface area is 128 Å². The van der Waals surface area contributed by atoms with Gasteiger partial charge in [-0.05, 0) is 44.9 Å². The molecule has 2 rings (SSSR count). The first-order chi connectivity index (χ1) is 10.2. The number of allylic oxidation sites excluding steroid dienone is 1. The summed E-state index contributed by atoms with van der Waals surface area (Å²) in [5.74, 6) is 0.224. The van der Waals surface area contributed by atoms with Crippen LogP contribution in [0.3, 0.4) is 0 Å². The highest BCUT2D eigenvalue weighted by Crippen LogP contribution is 2.23. The average molecular weight is 292 g/mol. The molecular weight excluding hydrogens is 264 g/mol. The molecule has 0 bridgehead atoms. The van der Waals surface area contributed by atoms with Crippen LogP contribution in [0.5, 0.6) is 0 Å². The van der Waals surface area contributed by atoms with Gasteiger partial charge in [0.25, 0.3) is 0 Å². The van der Waals surface area contributed by atoms with E-state index >= 15 is 0 Å². The molecule has 1 atom stereocenters. The molecule has 2 amide bonds. The molecule has 4 heteroatoms. The van der Waals surface area contributed by atoms with Crippen molar-refractivity contribution in [2.75, 3.05) is 6.54 Å². The second-order valence-corrected chi connectivity index (χ2v) is 6.27. The number of unbranched alkanes of at least 4 members (excludes halogenated alkanes) is 4. The predicted octanol–water partition coefficient (Wildman–Crippen LogP) is 2.78. The first-order valence-electron chi connectivity index (χ1n) is 8.43. The van der Waals surface area contributed by atoms with Gasteiger partial charge in [0, 0.05) is 19.0 Å². The van der Waals surface area contributed by atoms with E-state index in [1.165, 1.54) is 0 Å². The largest absolute Gasteiger partial charge is 0.352 e. The molecule has 1 aliphatic carbocycles. The molecule has 118 valence electrons. The molecule has 1 saturated heterocycles. The van der Waals surface area contributed by atoms with E-state index in [2.05, 4.69) is 11.9 Å². The third-order valence-electron chi connectivity index (χ3n) is 4.35. The molecule has 4 nitrogen and oxygen atoms in total. The van der Waals surface area contributed by atoms with Crippen LogP contribution in [0.2, 0.25) is 0 Å². The topological polar surface area (TPSA) is 49.4 Å². The number of rotatable bonds is 9. The zero-order valence-electron chi connectivity index (χ0n) is 13.0. The standard InChI is InChI=1S/C17H28N2O2/c1-2-3-4-5-6-7-10-16(20)19-13-8-9-15(19)17(21)18-14-11-12-14/h2,14-15H,1,3-13H2,(H,18,21)/t15-/m0/s1. The molecule has 0 aromatic rings. The van der Waals surface area contributed by atoms with Gasteiger partial charge >= 0.3 is 0 Å². The Morgan fingerprint density at radius 2 is 1.90 bits per heavy atom. The van der Waals surface area contributed by atoms with E-state index in [-0.39, 0.29) is 17.9 Å². The molecule has 0 aromatic carbocycles. The van der Waals surface area contributed by atoms with Crippen LogP contribution in [0.25, 0.3) is 0 Å². The first kappa shape index (κ1) is 16.1. The molecule has 0 radical (unpaired) electrons. The lowest BCUT2D eigenvalue weighted by Gasteiger charge is -2.24. The highest BCUT2D eigenvalue weighted by atomic mass is 16.2. The van der Waals surface area contributed by atoms with E-state index in [1.54, 1.807) is 4.90 Å². The van der Waals surface area contributed by atoms with Crippen molar-refractivity contribution >= 4 is 11.8 Å². The van der Waals surface area contributed by atoms with E-state index in [0.29, 0.717) is 12.5 Å². The fourth-order valence-corrected chi connectivity index (χ4v) is 2.92. The summed E-state index contributed by atoms with van der Waals surface area (Å²) in [4.78, 5) is 26.2. The third kappa shape index (κ3) is 5.18. The van der Waals surface area contributed by atoms with Crippen LogP contribution in [0.1, 0.15) is 64.2 Å². The molecule has 0 spiro atoms. The molecule has 2 aliphatic rings. The Morgan fingerprint density at radius 3 is 2.62 bits per heavy atom. The summed E-state index contributed by atoms with van der Waals surface area (Å²) < 4.78 is 0. The number of amides is 2. The Hall–Kier alpha value is -1.32. The molecule has 1 aliphatic heterocycles. The Morgan fingerprint density at radius 1 is 1.14 bits per heavy atom. The van der Waals surface area contributed by atoms with Gasteiger partial charge in [0.1, 0.15) is 6.04 Å². The fourth-order valence-electron chi connectivity index (χ4n) is 2.92. The van der Waals surface area contributed by atoms with Gasteiger partial charge in [-0.3, -0.25) is 9.59 Å². The van der Waals surface area contributed by atoms with Crippen LogP contribution in [-0.4, -0.2) is 35.3 Å². The monoisotopic (exact) mass is 292 g/mol. The van der Waals surface area contributed by atoms with Crippen molar-refractivity contribution in [2.24, 2.45) is 0 Å². The Kier molecular flexibility index (Phi) is 6.27. The third-order valence-corrected chi connectivity index (χ3v) is 4.35. The van der Waals surface area contributed by atoms with Crippen LogP contribution in [0, 0.1) is 0 Å². The minimum atomic E-state index is -0.209. The minimum Gasteiger partial charge on any atom is -0.352 e. The van der Waals surface area contributed by atoms with Crippen LogP contribution >= 0.6 is 0 Å². The molecule has 2 fully saturated rings. The maximum Gasteiger partial charge on any atom is 0.243 e. The summed E-state index contributed by atoms with van der Waals surface area (Å²) in [6, 6.07) is 0.166. The fraction of sp³-hybridized carbons (Fsp3) is 0.765. The first-order valence-corrected chi connectivity index (χ1v) is 8.43. The van der Waals surface area contributed by atoms with Crippen molar-refractivity contribution in [1.29, 1.82) is 0 Å². The number of carbonyl (C=O) groups excluding carboxylic acids is 2. The summed E-state index contributed by atoms with van der Waals surface area (Å²) in [5.41, 5.74) is 0. The Bertz CT molecular complexity index is 377. The zero-order valence-corrected chi connectivity index (χ0v) is 13.0. The molecule has 0 aromatic heterocycles. The number of nitrogens with one attached hydrogen (secondary N) is 1. The molecule has 21 heavy (non-hydrogen) atoms. The maximum absolute atomic E-state index is 12.3. The summed E-state index contributed by atoms with van der Waals surface area (Å²) in [5, 5.41) is 3.03. The van der Waals surface area contributed by atoms with Crippen LogP contribution < -0.4 is 5.32 Å². The van der Waals surface area contributed by atoms with Crippen molar-refractivity contribution < 1.29 is 9.59 Å². The van der Waals surface area contributed by atoms with E-state index in [1.807, 2.05) is 6.08 Å². The zero-order chi connectivity index (χ0) is 15.1. The van der Waals surface area contributed by atoms with Crippen LogP contribution in [0.4, 0.5) is 0 Å². The maximum atomic E-state index is 12.3. The highest BCUT2D eigenvalue weighted by molar-refractivity contribution is 5.88. The van der Waals surface area contributed by atoms with Gasteiger partial charge < -0.3 is 10.2 Å². The van der Waals surface area contributed by atoms with Gasteiger partial charge in [0.15, 0.2) is 0 Å². The van der Waals surface area contributed by atoms with Gasteiger partial charge in [0.05, 0.1) is 0 Å². The van der Waals surface area contributed by atoms with Gasteiger partial charge in [-0.1, -0.05) is 18.9 Å². The van der Waals surface area contributed by atoms with Gasteiger partial charge in [-0.25, -0.2) is 0 Å². The summed E-state index contributed by atoms with van der Waals surface area (Å²) in [7, 11) is 0. The van der Waals surface area contributed by atoms with Crippen molar-refractivity contribution in [1.82, 2.24) is 10.2 Å². The van der Waals surface area contributed by atoms with Crippen molar-refractivity contribution in [3.05, 3.63) is 12.7 Å². The predicted molar refractivity (Wildman–Crippen MR) is 83.8 cm³/mol. The molecule has 1 N–H and O–H groups in total. The van der Waals surface area contributed by atoms with Gasteiger partial charge in [-0.2, -0.15) is 0 Å². The van der Waals surface area contributed by atoms with Gasteiger partial charge in [-0.15, -0.1) is 6.58 Å². The van der Waals surface area contributed by atoms with Crippen molar-refractivity contribution in [3.63, 3.8) is 0 Å². The number of likely N-dealkylation sites (tertiary alicyclic amines) is 1. The molecule has 0 unspecified atom stereocenters. The van der Waals surface area contributed by atoms with Crippen LogP contribution in [-0.2, 0) is 9.59 Å². The number of carbonyl (C=O) groups is 2. The minimum absolute atomic E-state index is 0.0642. The summed E-state index contributed by atoms with van der Waals surface area (Å²) in [6.07, 6.45) is 11.9. The quantitative estimate of drug-likeness (QED) is 0.525. The second kappa shape index (κ2) is 8.20. The van der Waals surface area contributed by atoms with Crippen molar-refractivity contribution in [3.8, 4) is 0 Å². The van der Waals surface area contributed by atoms with Gasteiger partial charge in [0.2, 0.25) is 11.8 Å². The average Bonchev–Trinajstić information content (AvgIpc) is 3.14. The normalized spacial score (nSPS) is 21.3. The smallest absolute Gasteiger partial charge is 0.243 e. The van der Waals surface area contributed by atoms with E-state index in [4.69, 9.17) is 0 Å². The second-order valence-electron chi connectivity index (χ2n) is 6.27. The lowest BCUT2D eigenvalue weighted by molar-refractivity contribution is -0.138. The van der Waals surface area contributed by atoms with E-state index in [9.17, 15) is 9.59 Å². The SMILES string of the molecule is C=CCCCCCCC(=O)N1CCC[C@H]1C(=O)NC1CC1. The van der Waals surface area contributed by atoms with E-state index in [0.717, 1.165) is 64.3 Å². The van der Waals surface area contributed by atoms with Crippen LogP contribution in [0.15, 0.2) is 12.7 Å². The number of hydrogen-bond donors (Lipinski definition) is 1. The Balaban J connectivity index is 1.67. The molecule has 1 saturated carbocycles. The number of hydrogen-bond acceptors (Lipinski definition) is 2. The number of nitrogens with zero attached hydrogens (tertiary/aromatic N) is 1.